The zero-order valence-corrected chi connectivity index (χ0v) is 20.5. The molecule has 37 heavy (non-hydrogen) atoms. The zero-order valence-electron chi connectivity index (χ0n) is 20.5. The van der Waals surface area contributed by atoms with Gasteiger partial charge in [-0.25, -0.2) is 9.37 Å². The molecule has 202 valence electrons. The van der Waals surface area contributed by atoms with Crippen LogP contribution in [0.1, 0.15) is 44.1 Å². The number of rotatable bonds is 11. The van der Waals surface area contributed by atoms with Gasteiger partial charge < -0.3 is 25.8 Å². The molecule has 0 spiro atoms. The van der Waals surface area contributed by atoms with E-state index >= 15 is 0 Å². The third-order valence-electron chi connectivity index (χ3n) is 8.13. The Labute approximate surface area is 213 Å². The van der Waals surface area contributed by atoms with Crippen molar-refractivity contribution in [3.8, 4) is 5.75 Å². The lowest BCUT2D eigenvalue weighted by atomic mass is 9.48. The van der Waals surface area contributed by atoms with Crippen LogP contribution in [-0.2, 0) is 6.54 Å². The maximum Gasteiger partial charge on any atom is 0.573 e. The van der Waals surface area contributed by atoms with Gasteiger partial charge >= 0.3 is 6.36 Å². The van der Waals surface area contributed by atoms with Crippen LogP contribution in [0.15, 0.2) is 30.5 Å². The molecule has 3 unspecified atom stereocenters. The lowest BCUT2D eigenvalue weighted by Crippen LogP contribution is -2.59. The fraction of sp³-hybridized carbons (Fsp3) is 0.615. The third kappa shape index (κ3) is 6.09. The van der Waals surface area contributed by atoms with E-state index in [1.165, 1.54) is 31.0 Å². The third-order valence-corrected chi connectivity index (χ3v) is 8.13. The highest BCUT2D eigenvalue weighted by molar-refractivity contribution is 5.43. The Kier molecular flexibility index (Phi) is 7.44. The number of aliphatic hydroxyl groups excluding tert-OH is 1. The van der Waals surface area contributed by atoms with Crippen LogP contribution in [0.2, 0.25) is 0 Å². The number of nitrogens with one attached hydrogen (secondary N) is 3. The van der Waals surface area contributed by atoms with E-state index in [0.717, 1.165) is 38.4 Å². The van der Waals surface area contributed by atoms with E-state index in [1.54, 1.807) is 6.07 Å². The number of aliphatic hydroxyl groups is 1. The molecule has 0 amide bonds. The Balaban J connectivity index is 1.21. The van der Waals surface area contributed by atoms with Crippen LogP contribution in [0.25, 0.3) is 0 Å². The van der Waals surface area contributed by atoms with E-state index in [4.69, 9.17) is 5.11 Å². The van der Waals surface area contributed by atoms with Crippen molar-refractivity contribution in [3.63, 3.8) is 0 Å². The Bertz CT molecular complexity index is 1070. The molecule has 0 radical (unpaired) electrons. The summed E-state index contributed by atoms with van der Waals surface area (Å²) in [5.41, 5.74) is 0.378. The van der Waals surface area contributed by atoms with E-state index < -0.39 is 12.2 Å². The van der Waals surface area contributed by atoms with Gasteiger partial charge in [-0.05, 0) is 74.3 Å². The predicted octanol–water partition coefficient (Wildman–Crippen LogP) is 4.71. The van der Waals surface area contributed by atoms with Gasteiger partial charge in [-0.15, -0.1) is 13.2 Å². The Morgan fingerprint density at radius 1 is 1.08 bits per heavy atom. The van der Waals surface area contributed by atoms with Crippen molar-refractivity contribution in [2.75, 3.05) is 30.3 Å². The molecule has 1 aromatic carbocycles. The summed E-state index contributed by atoms with van der Waals surface area (Å²) in [5, 5.41) is 18.9. The van der Waals surface area contributed by atoms with Crippen LogP contribution in [-0.4, -0.2) is 47.2 Å². The minimum Gasteiger partial charge on any atom is -0.405 e. The lowest BCUT2D eigenvalue weighted by Gasteiger charge is -2.60. The molecule has 4 fully saturated rings. The average Bonchev–Trinajstić information content (AvgIpc) is 2.84. The molecule has 1 heterocycles. The number of benzene rings is 1. The lowest BCUT2D eigenvalue weighted by molar-refractivity contribution is -0.274. The summed E-state index contributed by atoms with van der Waals surface area (Å²) < 4.78 is 56.8. The highest BCUT2D eigenvalue weighted by Gasteiger charge is 2.55. The molecule has 4 bridgehead atoms. The van der Waals surface area contributed by atoms with Crippen molar-refractivity contribution in [2.45, 2.75) is 57.5 Å². The summed E-state index contributed by atoms with van der Waals surface area (Å²) in [7, 11) is 0. The molecule has 0 aliphatic heterocycles. The molecule has 4 saturated carbocycles. The second-order valence-corrected chi connectivity index (χ2v) is 10.8. The number of anilines is 2. The van der Waals surface area contributed by atoms with Crippen molar-refractivity contribution >= 4 is 11.8 Å². The standard InChI is InChI=1S/C26H33F4N5O2/c27-20-14-33-24(32-13-17-4-1-2-5-21(17)37-26(28,29)30)35-23(20)34-15-25-10-16-8-18(11-25)22(19(9-16)12-25)31-6-3-7-36/h1-2,4-5,14,16,18-19,22,31,36H,3,6-13,15H2,(H2,32,33,34,35)/t16?,18-,19+,22?,25?. The Morgan fingerprint density at radius 2 is 1.84 bits per heavy atom. The van der Waals surface area contributed by atoms with Crippen molar-refractivity contribution in [1.82, 2.24) is 15.3 Å². The van der Waals surface area contributed by atoms with Crippen molar-refractivity contribution in [2.24, 2.45) is 23.2 Å². The first-order valence-electron chi connectivity index (χ1n) is 12.9. The molecule has 5 atom stereocenters. The number of aromatic nitrogens is 2. The summed E-state index contributed by atoms with van der Waals surface area (Å²) in [6.07, 6.45) is 2.77. The molecule has 0 saturated heterocycles. The van der Waals surface area contributed by atoms with Gasteiger partial charge in [0.25, 0.3) is 0 Å². The van der Waals surface area contributed by atoms with E-state index in [0.29, 0.717) is 30.3 Å². The number of ether oxygens (including phenoxy) is 1. The first-order valence-corrected chi connectivity index (χ1v) is 12.9. The normalized spacial score (nSPS) is 28.4. The molecule has 4 N–H and O–H groups in total. The molecule has 7 nitrogen and oxygen atoms in total. The van der Waals surface area contributed by atoms with Crippen LogP contribution in [0, 0.1) is 29.0 Å². The smallest absolute Gasteiger partial charge is 0.405 e. The molecular formula is C26H33F4N5O2. The monoisotopic (exact) mass is 523 g/mol. The van der Waals surface area contributed by atoms with Crippen LogP contribution >= 0.6 is 0 Å². The second kappa shape index (κ2) is 10.6. The quantitative estimate of drug-likeness (QED) is 0.251. The fourth-order valence-electron chi connectivity index (χ4n) is 6.99. The van der Waals surface area contributed by atoms with Crippen LogP contribution < -0.4 is 20.7 Å². The van der Waals surface area contributed by atoms with Crippen LogP contribution in [0.3, 0.4) is 0 Å². The number of nitrogens with zero attached hydrogens (tertiary/aromatic N) is 2. The maximum absolute atomic E-state index is 14.6. The van der Waals surface area contributed by atoms with Gasteiger partial charge in [-0.3, -0.25) is 0 Å². The van der Waals surface area contributed by atoms with E-state index in [9.17, 15) is 17.6 Å². The number of alkyl halides is 3. The van der Waals surface area contributed by atoms with E-state index in [1.807, 2.05) is 0 Å². The zero-order chi connectivity index (χ0) is 26.0. The second-order valence-electron chi connectivity index (χ2n) is 10.8. The predicted molar refractivity (Wildman–Crippen MR) is 130 cm³/mol. The minimum absolute atomic E-state index is 0.0169. The Hall–Kier alpha value is -2.66. The largest absolute Gasteiger partial charge is 0.573 e. The number of halogens is 4. The number of para-hydroxylation sites is 1. The van der Waals surface area contributed by atoms with Crippen LogP contribution in [0.5, 0.6) is 5.75 Å². The topological polar surface area (TPSA) is 91.3 Å². The van der Waals surface area contributed by atoms with Gasteiger partial charge in [0.1, 0.15) is 5.75 Å². The summed E-state index contributed by atoms with van der Waals surface area (Å²) in [5.74, 6) is 1.21. The fourth-order valence-corrected chi connectivity index (χ4v) is 6.99. The minimum atomic E-state index is -4.80. The van der Waals surface area contributed by atoms with Gasteiger partial charge in [-0.2, -0.15) is 4.98 Å². The van der Waals surface area contributed by atoms with Crippen molar-refractivity contribution in [3.05, 3.63) is 41.8 Å². The summed E-state index contributed by atoms with van der Waals surface area (Å²) in [6, 6.07) is 6.30. The van der Waals surface area contributed by atoms with Gasteiger partial charge in [0.2, 0.25) is 5.95 Å². The van der Waals surface area contributed by atoms with Crippen LogP contribution in [0.4, 0.5) is 29.3 Å². The molecular weight excluding hydrogens is 490 g/mol. The number of hydrogen-bond donors (Lipinski definition) is 4. The van der Waals surface area contributed by atoms with Gasteiger partial charge in [0, 0.05) is 31.3 Å². The van der Waals surface area contributed by atoms with Crippen molar-refractivity contribution in [1.29, 1.82) is 0 Å². The summed E-state index contributed by atoms with van der Waals surface area (Å²) in [4.78, 5) is 8.22. The molecule has 2 aromatic rings. The SMILES string of the molecule is OCCCNC1[C@@H]2CC3C[C@H]1CC(CNc1nc(NCc4ccccc4OC(F)(F)F)ncc1F)(C3)C2. The van der Waals surface area contributed by atoms with Crippen molar-refractivity contribution < 1.29 is 27.4 Å². The molecule has 1 aromatic heterocycles. The molecule has 11 heteroatoms. The maximum atomic E-state index is 14.6. The molecule has 4 aliphatic rings. The first kappa shape index (κ1) is 26.0. The van der Waals surface area contributed by atoms with Gasteiger partial charge in [0.15, 0.2) is 11.6 Å². The first-order chi connectivity index (χ1) is 17.7. The summed E-state index contributed by atoms with van der Waals surface area (Å²) in [6.45, 7) is 1.63. The molecule has 6 rings (SSSR count). The highest BCUT2D eigenvalue weighted by Crippen LogP contribution is 2.60. The Morgan fingerprint density at radius 3 is 2.57 bits per heavy atom. The summed E-state index contributed by atoms with van der Waals surface area (Å²) >= 11 is 0. The number of hydrogen-bond acceptors (Lipinski definition) is 7. The molecule has 4 aliphatic carbocycles. The van der Waals surface area contributed by atoms with Gasteiger partial charge in [0.05, 0.1) is 6.20 Å². The van der Waals surface area contributed by atoms with E-state index in [2.05, 4.69) is 30.7 Å². The highest BCUT2D eigenvalue weighted by atomic mass is 19.4. The van der Waals surface area contributed by atoms with E-state index in [-0.39, 0.29) is 41.6 Å². The van der Waals surface area contributed by atoms with Gasteiger partial charge in [-0.1, -0.05) is 18.2 Å². The average molecular weight is 524 g/mol.